The molecule has 31 heavy (non-hydrogen) atoms. The molecule has 1 saturated heterocycles. The first-order chi connectivity index (χ1) is 14.9. The van der Waals surface area contributed by atoms with Gasteiger partial charge in [0.05, 0.1) is 4.91 Å². The first-order valence-corrected chi connectivity index (χ1v) is 12.3. The van der Waals surface area contributed by atoms with Crippen molar-refractivity contribution in [3.63, 3.8) is 0 Å². The average Bonchev–Trinajstić information content (AvgIpc) is 3.05. The van der Waals surface area contributed by atoms with Gasteiger partial charge in [0.1, 0.15) is 21.8 Å². The third kappa shape index (κ3) is 4.31. The van der Waals surface area contributed by atoms with Gasteiger partial charge in [-0.1, -0.05) is 43.2 Å². The Morgan fingerprint density at radius 3 is 2.39 bits per heavy atom. The summed E-state index contributed by atoms with van der Waals surface area (Å²) in [6.45, 7) is 9.64. The molecule has 166 valence electrons. The van der Waals surface area contributed by atoms with Crippen LogP contribution in [0.15, 0.2) is 9.70 Å². The highest BCUT2D eigenvalue weighted by atomic mass is 32.2. The Bertz CT molecular complexity index is 1010. The fourth-order valence-electron chi connectivity index (χ4n) is 4.57. The summed E-state index contributed by atoms with van der Waals surface area (Å²) in [5.41, 5.74) is 1.22. The molecule has 1 aromatic rings. The molecule has 0 unspecified atom stereocenters. The zero-order valence-electron chi connectivity index (χ0n) is 18.7. The summed E-state index contributed by atoms with van der Waals surface area (Å²) in [6.07, 6.45) is 7.28. The number of thioether (sulfide) groups is 1. The standard InChI is InChI=1S/C23H30N4O2S2/c1-5-25(6-2)20-17(15(4)18(14-24)21(28)26(20)7-3)13-19-22(29)27(23(30)31-19)16-11-9-8-10-12-16/h13,16H,5-12H2,1-4H3/b19-13-. The largest absolute Gasteiger partial charge is 0.358 e. The Kier molecular flexibility index (Phi) is 7.60. The minimum atomic E-state index is -0.281. The summed E-state index contributed by atoms with van der Waals surface area (Å²) in [6, 6.07) is 2.25. The number of carbonyl (C=O) groups excluding carboxylic acids is 1. The van der Waals surface area contributed by atoms with Gasteiger partial charge in [-0.15, -0.1) is 0 Å². The summed E-state index contributed by atoms with van der Waals surface area (Å²) >= 11 is 6.91. The summed E-state index contributed by atoms with van der Waals surface area (Å²) < 4.78 is 2.25. The fourth-order valence-corrected chi connectivity index (χ4v) is 5.95. The Balaban J connectivity index is 2.17. The van der Waals surface area contributed by atoms with Crippen molar-refractivity contribution in [2.24, 2.45) is 0 Å². The van der Waals surface area contributed by atoms with Gasteiger partial charge in [-0.2, -0.15) is 5.26 Å². The van der Waals surface area contributed by atoms with Crippen LogP contribution < -0.4 is 10.5 Å². The highest BCUT2D eigenvalue weighted by Crippen LogP contribution is 2.39. The molecule has 1 aromatic heterocycles. The molecule has 2 fully saturated rings. The molecular formula is C23H30N4O2S2. The maximum atomic E-state index is 13.3. The third-order valence-corrected chi connectivity index (χ3v) is 7.59. The lowest BCUT2D eigenvalue weighted by Gasteiger charge is -2.30. The van der Waals surface area contributed by atoms with Gasteiger partial charge in [0.2, 0.25) is 0 Å². The number of nitrogens with zero attached hydrogens (tertiary/aromatic N) is 4. The number of nitriles is 1. The second kappa shape index (κ2) is 10.0. The van der Waals surface area contributed by atoms with Crippen LogP contribution in [-0.4, -0.2) is 38.8 Å². The molecule has 0 aromatic carbocycles. The molecule has 1 saturated carbocycles. The maximum absolute atomic E-state index is 13.3. The lowest BCUT2D eigenvalue weighted by atomic mass is 9.94. The van der Waals surface area contributed by atoms with Crippen molar-refractivity contribution in [3.8, 4) is 6.07 Å². The zero-order valence-corrected chi connectivity index (χ0v) is 20.4. The van der Waals surface area contributed by atoms with Crippen molar-refractivity contribution in [3.05, 3.63) is 31.9 Å². The number of hydrogen-bond acceptors (Lipinski definition) is 6. The number of carbonyl (C=O) groups is 1. The predicted octanol–water partition coefficient (Wildman–Crippen LogP) is 4.43. The van der Waals surface area contributed by atoms with Crippen molar-refractivity contribution < 1.29 is 4.79 Å². The molecule has 0 radical (unpaired) electrons. The average molecular weight is 459 g/mol. The highest BCUT2D eigenvalue weighted by Gasteiger charge is 2.38. The summed E-state index contributed by atoms with van der Waals surface area (Å²) in [5.74, 6) is 0.705. The van der Waals surface area contributed by atoms with E-state index in [0.29, 0.717) is 34.4 Å². The van der Waals surface area contributed by atoms with E-state index in [2.05, 4.69) is 11.0 Å². The van der Waals surface area contributed by atoms with Crippen molar-refractivity contribution in [2.75, 3.05) is 18.0 Å². The molecular weight excluding hydrogens is 428 g/mol. The van der Waals surface area contributed by atoms with Gasteiger partial charge in [0, 0.05) is 31.2 Å². The predicted molar refractivity (Wildman–Crippen MR) is 131 cm³/mol. The molecule has 0 atom stereocenters. The molecule has 0 spiro atoms. The maximum Gasteiger partial charge on any atom is 0.270 e. The van der Waals surface area contributed by atoms with Gasteiger partial charge in [0.15, 0.2) is 0 Å². The highest BCUT2D eigenvalue weighted by molar-refractivity contribution is 8.26. The normalized spacial score (nSPS) is 18.7. The van der Waals surface area contributed by atoms with E-state index in [0.717, 1.165) is 37.1 Å². The van der Waals surface area contributed by atoms with Crippen LogP contribution in [-0.2, 0) is 11.3 Å². The van der Waals surface area contributed by atoms with Crippen molar-refractivity contribution in [1.82, 2.24) is 9.47 Å². The Hall–Kier alpha value is -2.11. The van der Waals surface area contributed by atoms with Gasteiger partial charge >= 0.3 is 0 Å². The molecule has 3 rings (SSSR count). The smallest absolute Gasteiger partial charge is 0.270 e. The molecule has 1 amide bonds. The number of anilines is 1. The molecule has 8 heteroatoms. The fraction of sp³-hybridized carbons (Fsp3) is 0.565. The van der Waals surface area contributed by atoms with Crippen LogP contribution in [0.3, 0.4) is 0 Å². The van der Waals surface area contributed by atoms with E-state index in [4.69, 9.17) is 12.2 Å². The molecule has 2 heterocycles. The number of thiocarbonyl (C=S) groups is 1. The van der Waals surface area contributed by atoms with Crippen molar-refractivity contribution in [2.45, 2.75) is 72.4 Å². The number of amides is 1. The van der Waals surface area contributed by atoms with Crippen LogP contribution in [0.25, 0.3) is 6.08 Å². The zero-order chi connectivity index (χ0) is 22.7. The van der Waals surface area contributed by atoms with Crippen LogP contribution in [0.2, 0.25) is 0 Å². The minimum absolute atomic E-state index is 0.0560. The van der Waals surface area contributed by atoms with E-state index in [1.807, 2.05) is 26.8 Å². The van der Waals surface area contributed by atoms with E-state index in [1.54, 1.807) is 16.4 Å². The Labute approximate surface area is 193 Å². The van der Waals surface area contributed by atoms with E-state index < -0.39 is 0 Å². The summed E-state index contributed by atoms with van der Waals surface area (Å²) in [4.78, 5) is 30.8. The van der Waals surface area contributed by atoms with Crippen LogP contribution in [0, 0.1) is 18.3 Å². The van der Waals surface area contributed by atoms with E-state index in [-0.39, 0.29) is 23.1 Å². The van der Waals surface area contributed by atoms with Crippen molar-refractivity contribution >= 4 is 46.1 Å². The first kappa shape index (κ1) is 23.6. The number of rotatable bonds is 6. The quantitative estimate of drug-likeness (QED) is 0.464. The second-order valence-corrected chi connectivity index (χ2v) is 9.59. The minimum Gasteiger partial charge on any atom is -0.358 e. The number of hydrogen-bond donors (Lipinski definition) is 0. The molecule has 0 N–H and O–H groups in total. The van der Waals surface area contributed by atoms with Gasteiger partial charge in [-0.3, -0.25) is 19.1 Å². The van der Waals surface area contributed by atoms with Gasteiger partial charge in [0.25, 0.3) is 11.5 Å². The SMILES string of the molecule is CCN(CC)c1c(/C=C2\SC(=S)N(C3CCCCC3)C2=O)c(C)c(C#N)c(=O)n1CC. The van der Waals surface area contributed by atoms with Crippen LogP contribution in [0.4, 0.5) is 5.82 Å². The second-order valence-electron chi connectivity index (χ2n) is 7.91. The first-order valence-electron chi connectivity index (χ1n) is 11.1. The monoisotopic (exact) mass is 458 g/mol. The molecule has 1 aliphatic carbocycles. The van der Waals surface area contributed by atoms with Crippen LogP contribution in [0.5, 0.6) is 0 Å². The van der Waals surface area contributed by atoms with Gasteiger partial charge in [-0.25, -0.2) is 0 Å². The summed E-state index contributed by atoms with van der Waals surface area (Å²) in [5, 5.41) is 9.66. The van der Waals surface area contributed by atoms with Crippen LogP contribution >= 0.6 is 24.0 Å². The summed E-state index contributed by atoms with van der Waals surface area (Å²) in [7, 11) is 0. The number of aromatic nitrogens is 1. The van der Waals surface area contributed by atoms with Crippen molar-refractivity contribution in [1.29, 1.82) is 5.26 Å². The van der Waals surface area contributed by atoms with Gasteiger partial charge in [-0.05, 0) is 52.2 Å². The molecule has 2 aliphatic rings. The number of pyridine rings is 1. The Morgan fingerprint density at radius 2 is 1.84 bits per heavy atom. The van der Waals surface area contributed by atoms with E-state index >= 15 is 0 Å². The van der Waals surface area contributed by atoms with E-state index in [1.165, 1.54) is 18.2 Å². The third-order valence-electron chi connectivity index (χ3n) is 6.26. The molecule has 0 bridgehead atoms. The topological polar surface area (TPSA) is 69.3 Å². The van der Waals surface area contributed by atoms with Crippen LogP contribution in [0.1, 0.15) is 69.6 Å². The lowest BCUT2D eigenvalue weighted by Crippen LogP contribution is -2.39. The Morgan fingerprint density at radius 1 is 1.19 bits per heavy atom. The van der Waals surface area contributed by atoms with Gasteiger partial charge < -0.3 is 4.90 Å². The lowest BCUT2D eigenvalue weighted by molar-refractivity contribution is -0.124. The molecule has 1 aliphatic heterocycles. The van der Waals surface area contributed by atoms with E-state index in [9.17, 15) is 14.9 Å². The molecule has 6 nitrogen and oxygen atoms in total.